The van der Waals surface area contributed by atoms with Crippen molar-refractivity contribution in [2.24, 2.45) is 46.3 Å². The second-order valence-corrected chi connectivity index (χ2v) is 22.0. The number of piperidine rings is 1. The summed E-state index contributed by atoms with van der Waals surface area (Å²) in [5.41, 5.74) is 1.44. The summed E-state index contributed by atoms with van der Waals surface area (Å²) in [4.78, 5) is 15.0. The van der Waals surface area contributed by atoms with E-state index in [1.807, 2.05) is 0 Å². The van der Waals surface area contributed by atoms with Crippen LogP contribution in [0.5, 0.6) is 0 Å². The number of esters is 1. The maximum absolute atomic E-state index is 12.2. The van der Waals surface area contributed by atoms with E-state index in [1.165, 1.54) is 19.4 Å². The van der Waals surface area contributed by atoms with Crippen molar-refractivity contribution in [3.63, 3.8) is 0 Å². The van der Waals surface area contributed by atoms with Gasteiger partial charge in [-0.2, -0.15) is 0 Å². The predicted molar refractivity (Wildman–Crippen MR) is 226 cm³/mol. The highest BCUT2D eigenvalue weighted by Crippen LogP contribution is 2.70. The molecule has 0 unspecified atom stereocenters. The zero-order valence-electron chi connectivity index (χ0n) is 38.5. The molecule has 3 saturated carbocycles. The molecule has 8 fully saturated rings. The number of carbonyl (C=O) groups excluding carboxylic acids is 1. The van der Waals surface area contributed by atoms with Crippen LogP contribution in [0.3, 0.4) is 0 Å². The van der Waals surface area contributed by atoms with Crippen molar-refractivity contribution in [1.29, 1.82) is 0 Å². The van der Waals surface area contributed by atoms with E-state index in [1.54, 1.807) is 0 Å². The highest BCUT2D eigenvalue weighted by Gasteiger charge is 2.68. The number of allylic oxidation sites excluding steroid dienone is 1. The number of hydrogen-bond acceptors (Lipinski definition) is 18. The van der Waals surface area contributed by atoms with Crippen LogP contribution in [0.25, 0.3) is 0 Å². The van der Waals surface area contributed by atoms with Gasteiger partial charge in [-0.25, -0.2) is 0 Å². The maximum atomic E-state index is 12.2. The third kappa shape index (κ3) is 8.18. The second-order valence-electron chi connectivity index (χ2n) is 22.0. The lowest BCUT2D eigenvalue weighted by Gasteiger charge is -2.58. The first-order valence-electron chi connectivity index (χ1n) is 24.3. The molecule has 18 nitrogen and oxygen atoms in total. The lowest BCUT2D eigenvalue weighted by Crippen LogP contribution is -2.67. The number of rotatable bonds is 9. The highest BCUT2D eigenvalue weighted by molar-refractivity contribution is 5.66. The van der Waals surface area contributed by atoms with Crippen molar-refractivity contribution in [3.8, 4) is 0 Å². The molecule has 0 aromatic carbocycles. The summed E-state index contributed by atoms with van der Waals surface area (Å²) in [5.74, 6) is 2.83. The van der Waals surface area contributed by atoms with Crippen LogP contribution in [0.15, 0.2) is 11.6 Å². The number of hydrogen-bond donors (Lipinski definition) is 9. The minimum absolute atomic E-state index is 0.0640. The molecule has 9 aliphatic rings. The normalized spacial score (nSPS) is 55.6. The van der Waals surface area contributed by atoms with Gasteiger partial charge in [-0.15, -0.1) is 0 Å². The lowest BCUT2D eigenvalue weighted by molar-refractivity contribution is -0.394. The van der Waals surface area contributed by atoms with Gasteiger partial charge in [-0.3, -0.25) is 9.69 Å². The summed E-state index contributed by atoms with van der Waals surface area (Å²) >= 11 is 0. The van der Waals surface area contributed by atoms with Crippen LogP contribution in [-0.2, 0) is 38.0 Å². The van der Waals surface area contributed by atoms with Gasteiger partial charge in [-0.1, -0.05) is 39.3 Å². The topological polar surface area (TPSA) is 267 Å². The molecule has 0 aromatic rings. The Hall–Kier alpha value is -1.43. The molecule has 4 aliphatic carbocycles. The van der Waals surface area contributed by atoms with E-state index in [0.29, 0.717) is 54.4 Å². The number of aliphatic hydroxyl groups excluding tert-OH is 9. The molecular formula is C47H75NO17. The Kier molecular flexibility index (Phi) is 13.7. The first kappa shape index (κ1) is 48.6. The third-order valence-corrected chi connectivity index (χ3v) is 18.3. The first-order chi connectivity index (χ1) is 30.8. The molecule has 9 N–H and O–H groups in total. The molecule has 9 rings (SSSR count). The van der Waals surface area contributed by atoms with Crippen LogP contribution in [0, 0.1) is 46.3 Å². The van der Waals surface area contributed by atoms with E-state index >= 15 is 0 Å². The van der Waals surface area contributed by atoms with Crippen LogP contribution in [0.2, 0.25) is 0 Å². The zero-order valence-corrected chi connectivity index (χ0v) is 38.5. The smallest absolute Gasteiger partial charge is 0.302 e. The maximum Gasteiger partial charge on any atom is 0.302 e. The molecule has 0 spiro atoms. The average molecular weight is 926 g/mol. The molecule has 0 bridgehead atoms. The van der Waals surface area contributed by atoms with Gasteiger partial charge in [-0.05, 0) is 105 Å². The Morgan fingerprint density at radius 3 is 2.09 bits per heavy atom. The molecule has 65 heavy (non-hydrogen) atoms. The lowest BCUT2D eigenvalue weighted by atomic mass is 9.47. The van der Waals surface area contributed by atoms with Crippen molar-refractivity contribution >= 4 is 5.97 Å². The van der Waals surface area contributed by atoms with E-state index in [4.69, 9.17) is 33.2 Å². The van der Waals surface area contributed by atoms with Gasteiger partial charge in [0, 0.05) is 25.6 Å². The summed E-state index contributed by atoms with van der Waals surface area (Å²) in [6, 6.07) is 0.738. The Labute approximate surface area is 381 Å². The Balaban J connectivity index is 0.945. The van der Waals surface area contributed by atoms with E-state index in [9.17, 15) is 50.8 Å². The van der Waals surface area contributed by atoms with E-state index < -0.39 is 111 Å². The molecule has 5 aliphatic heterocycles. The first-order valence-corrected chi connectivity index (χ1v) is 24.3. The fraction of sp³-hybridized carbons (Fsp3) is 0.936. The minimum atomic E-state index is -1.85. The van der Waals surface area contributed by atoms with Gasteiger partial charge in [0.1, 0.15) is 73.2 Å². The van der Waals surface area contributed by atoms with Crippen molar-refractivity contribution < 1.29 is 83.9 Å². The third-order valence-electron chi connectivity index (χ3n) is 18.3. The molecular weight excluding hydrogens is 851 g/mol. The number of ether oxygens (including phenoxy) is 7. The molecule has 0 radical (unpaired) electrons. The van der Waals surface area contributed by atoms with Crippen molar-refractivity contribution in [1.82, 2.24) is 4.90 Å². The van der Waals surface area contributed by atoms with Gasteiger partial charge in [0.25, 0.3) is 0 Å². The van der Waals surface area contributed by atoms with E-state index in [0.717, 1.165) is 45.1 Å². The number of fused-ring (bicyclic) bond motifs is 9. The van der Waals surface area contributed by atoms with Gasteiger partial charge in [0.05, 0.1) is 25.4 Å². The summed E-state index contributed by atoms with van der Waals surface area (Å²) in [6.07, 6.45) is -13.9. The van der Waals surface area contributed by atoms with E-state index in [2.05, 4.69) is 38.7 Å². The summed E-state index contributed by atoms with van der Waals surface area (Å²) in [7, 11) is 0. The number of nitrogens with zero attached hydrogens (tertiary/aromatic N) is 1. The Bertz CT molecular complexity index is 1740. The van der Waals surface area contributed by atoms with Crippen LogP contribution in [-0.4, -0.2) is 193 Å². The predicted octanol–water partition coefficient (Wildman–Crippen LogP) is -0.303. The molecule has 27 atom stereocenters. The Morgan fingerprint density at radius 1 is 0.754 bits per heavy atom. The van der Waals surface area contributed by atoms with Gasteiger partial charge in [0.15, 0.2) is 18.9 Å². The van der Waals surface area contributed by atoms with Crippen LogP contribution in [0.1, 0.15) is 92.9 Å². The summed E-state index contributed by atoms with van der Waals surface area (Å²) in [6.45, 7) is 12.3. The van der Waals surface area contributed by atoms with Crippen molar-refractivity contribution in [2.75, 3.05) is 19.8 Å². The zero-order chi connectivity index (χ0) is 46.6. The fourth-order valence-corrected chi connectivity index (χ4v) is 15.2. The molecule has 370 valence electrons. The molecule has 18 heteroatoms. The number of carbonyl (C=O) groups is 1. The van der Waals surface area contributed by atoms with Crippen molar-refractivity contribution in [3.05, 3.63) is 11.6 Å². The molecule has 0 aromatic heterocycles. The van der Waals surface area contributed by atoms with E-state index in [-0.39, 0.29) is 28.9 Å². The summed E-state index contributed by atoms with van der Waals surface area (Å²) < 4.78 is 42.8. The molecule has 5 heterocycles. The van der Waals surface area contributed by atoms with Crippen LogP contribution >= 0.6 is 0 Å². The highest BCUT2D eigenvalue weighted by atomic mass is 16.8. The van der Waals surface area contributed by atoms with Crippen LogP contribution in [0.4, 0.5) is 0 Å². The second kappa shape index (κ2) is 18.4. The SMILES string of the molecule is CC(=O)O[C@H]1C[C@H](C)CN2[C@H]1[C@@H](C)[C@H]1[C@@H]2C[C@H]2[C@@H]3CC=C4C[C@@H](O[C@@H]5O[C@H](CO)[C@H](O)[C@H](O[C@@H]6O[C@H](CO)[C@@H](O)[C@H](O)[C@H]6O)[C@H]5O[C@@H]5O[C@@H](C)[C@H](O)[C@@H](O)[C@H]5O)CC[C@]4(C)[C@H]3CC[C@]12C. The average Bonchev–Trinajstić information content (AvgIpc) is 3.74. The van der Waals surface area contributed by atoms with Gasteiger partial charge >= 0.3 is 5.97 Å². The van der Waals surface area contributed by atoms with Gasteiger partial charge < -0.3 is 79.1 Å². The van der Waals surface area contributed by atoms with Gasteiger partial charge in [0.2, 0.25) is 0 Å². The molecule has 0 amide bonds. The quantitative estimate of drug-likeness (QED) is 0.106. The molecule has 5 saturated heterocycles. The number of aliphatic hydroxyl groups is 9. The largest absolute Gasteiger partial charge is 0.461 e. The Morgan fingerprint density at radius 2 is 1.40 bits per heavy atom. The van der Waals surface area contributed by atoms with Crippen molar-refractivity contribution in [2.45, 2.75) is 209 Å². The summed E-state index contributed by atoms with van der Waals surface area (Å²) in [5, 5.41) is 96.0. The fourth-order valence-electron chi connectivity index (χ4n) is 15.2. The monoisotopic (exact) mass is 926 g/mol. The van der Waals surface area contributed by atoms with Crippen LogP contribution < -0.4 is 0 Å². The minimum Gasteiger partial charge on any atom is -0.461 e. The standard InChI is InChI=1S/C47H75NO17/c1-19-13-29(60-22(4)51)33-20(2)32-28(48(33)16-19)15-27-25-8-7-23-14-24(9-11-46(23,5)26(25)10-12-47(27,32)6)61-45-42(65-43-39(57)37(55)34(52)21(3)59-43)41(36(54)31(18-50)63-45)64-44-40(58)38(56)35(53)30(17-49)62-44/h7,19-21,24-45,49-50,52-58H,8-18H2,1-6H3/t19-,20-,21-,24-,25+,26-,27-,28-,29-,30+,31+,32-,33-,34-,35+,36-,37+,38-,39+,40+,41-,42+,43-,44-,45+,46-,47-/m0/s1.